The Balaban J connectivity index is 1.54. The van der Waals surface area contributed by atoms with E-state index in [1.807, 2.05) is 30.5 Å². The van der Waals surface area contributed by atoms with Gasteiger partial charge < -0.3 is 15.0 Å². The number of thiazole rings is 1. The van der Waals surface area contributed by atoms with Gasteiger partial charge in [0.1, 0.15) is 0 Å². The number of carbonyl (C=O) groups is 1. The highest BCUT2D eigenvalue weighted by atomic mass is 32.1. The maximum absolute atomic E-state index is 12.1. The summed E-state index contributed by atoms with van der Waals surface area (Å²) in [6.07, 6.45) is 4.34. The number of aromatic nitrogens is 1. The lowest BCUT2D eigenvalue weighted by molar-refractivity contribution is -0.117. The van der Waals surface area contributed by atoms with E-state index in [2.05, 4.69) is 34.3 Å². The summed E-state index contributed by atoms with van der Waals surface area (Å²) in [4.78, 5) is 19.0. The first-order chi connectivity index (χ1) is 12.7. The summed E-state index contributed by atoms with van der Waals surface area (Å²) in [6.45, 7) is 7.44. The van der Waals surface area contributed by atoms with Gasteiger partial charge in [-0.05, 0) is 37.1 Å². The Kier molecular flexibility index (Phi) is 6.41. The van der Waals surface area contributed by atoms with Crippen molar-refractivity contribution in [3.63, 3.8) is 0 Å². The van der Waals surface area contributed by atoms with E-state index in [0.29, 0.717) is 0 Å². The van der Waals surface area contributed by atoms with Crippen LogP contribution in [0, 0.1) is 0 Å². The van der Waals surface area contributed by atoms with Gasteiger partial charge in [-0.25, -0.2) is 4.98 Å². The summed E-state index contributed by atoms with van der Waals surface area (Å²) in [5.74, 6) is -0.110. The number of benzene rings is 1. The summed E-state index contributed by atoms with van der Waals surface area (Å²) >= 11 is 1.64. The molecule has 26 heavy (non-hydrogen) atoms. The number of morpholine rings is 1. The zero-order valence-electron chi connectivity index (χ0n) is 15.3. The number of aryl methyl sites for hydroxylation is 1. The van der Waals surface area contributed by atoms with Crippen LogP contribution in [0.5, 0.6) is 0 Å². The van der Waals surface area contributed by atoms with Gasteiger partial charge in [0.25, 0.3) is 0 Å². The van der Waals surface area contributed by atoms with E-state index in [9.17, 15) is 4.79 Å². The summed E-state index contributed by atoms with van der Waals surface area (Å²) in [7, 11) is 0. The highest BCUT2D eigenvalue weighted by Gasteiger charge is 2.12. The number of ether oxygens (including phenoxy) is 1. The normalized spacial score (nSPS) is 16.0. The van der Waals surface area contributed by atoms with Gasteiger partial charge in [-0.2, -0.15) is 0 Å². The van der Waals surface area contributed by atoms with E-state index in [1.54, 1.807) is 17.4 Å². The topological polar surface area (TPSA) is 54.5 Å². The molecule has 0 bridgehead atoms. The van der Waals surface area contributed by atoms with Gasteiger partial charge in [-0.1, -0.05) is 19.1 Å². The number of nitrogens with one attached hydrogen (secondary N) is 1. The molecule has 0 aliphatic carbocycles. The smallest absolute Gasteiger partial charge is 0.244 e. The number of nitrogens with zero attached hydrogens (tertiary/aromatic N) is 2. The third kappa shape index (κ3) is 4.93. The molecule has 1 saturated heterocycles. The van der Waals surface area contributed by atoms with Gasteiger partial charge in [0, 0.05) is 30.2 Å². The maximum Gasteiger partial charge on any atom is 0.244 e. The largest absolute Gasteiger partial charge is 0.378 e. The number of anilines is 1. The van der Waals surface area contributed by atoms with Crippen molar-refractivity contribution in [3.8, 4) is 0 Å². The SMILES string of the molecule is CCc1nc(C(C)NC(=O)C=Cc2ccc(N3CCOCC3)cc2)cs1. The predicted octanol–water partition coefficient (Wildman–Crippen LogP) is 3.43. The Hall–Kier alpha value is -2.18. The number of carbonyl (C=O) groups excluding carboxylic acids is 1. The van der Waals surface area contributed by atoms with Crippen LogP contribution in [-0.4, -0.2) is 37.2 Å². The van der Waals surface area contributed by atoms with Crippen molar-refractivity contribution < 1.29 is 9.53 Å². The minimum Gasteiger partial charge on any atom is -0.378 e. The summed E-state index contributed by atoms with van der Waals surface area (Å²) in [5.41, 5.74) is 3.12. The van der Waals surface area contributed by atoms with Crippen LogP contribution in [-0.2, 0) is 16.0 Å². The average Bonchev–Trinajstić information content (AvgIpc) is 3.17. The number of rotatable bonds is 6. The fourth-order valence-electron chi connectivity index (χ4n) is 2.81. The highest BCUT2D eigenvalue weighted by Crippen LogP contribution is 2.18. The summed E-state index contributed by atoms with van der Waals surface area (Å²) < 4.78 is 5.38. The molecular weight excluding hydrogens is 346 g/mol. The molecule has 3 rings (SSSR count). The predicted molar refractivity (Wildman–Crippen MR) is 107 cm³/mol. The lowest BCUT2D eigenvalue weighted by atomic mass is 10.1. The number of hydrogen-bond donors (Lipinski definition) is 1. The van der Waals surface area contributed by atoms with Crippen LogP contribution in [0.4, 0.5) is 5.69 Å². The first-order valence-corrected chi connectivity index (χ1v) is 9.89. The second-order valence-electron chi connectivity index (χ2n) is 6.27. The molecule has 2 aromatic rings. The molecule has 1 aliphatic heterocycles. The Morgan fingerprint density at radius 3 is 2.73 bits per heavy atom. The van der Waals surface area contributed by atoms with Crippen molar-refractivity contribution >= 4 is 29.0 Å². The zero-order chi connectivity index (χ0) is 18.4. The molecule has 1 aromatic carbocycles. The fourth-order valence-corrected chi connectivity index (χ4v) is 3.65. The third-order valence-electron chi connectivity index (χ3n) is 4.37. The first kappa shape index (κ1) is 18.6. The van der Waals surface area contributed by atoms with Crippen molar-refractivity contribution in [1.82, 2.24) is 10.3 Å². The second kappa shape index (κ2) is 8.96. The monoisotopic (exact) mass is 371 g/mol. The van der Waals surface area contributed by atoms with E-state index >= 15 is 0 Å². The molecule has 1 unspecified atom stereocenters. The Morgan fingerprint density at radius 1 is 1.35 bits per heavy atom. The standard InChI is InChI=1S/C20H25N3O2S/c1-3-20-22-18(14-26-20)15(2)21-19(24)9-6-16-4-7-17(8-5-16)23-10-12-25-13-11-23/h4-9,14-15H,3,10-13H2,1-2H3,(H,21,24). The molecule has 5 nitrogen and oxygen atoms in total. The molecular formula is C20H25N3O2S. The number of hydrogen-bond acceptors (Lipinski definition) is 5. The maximum atomic E-state index is 12.1. The van der Waals surface area contributed by atoms with Crippen LogP contribution >= 0.6 is 11.3 Å². The van der Waals surface area contributed by atoms with Crippen LogP contribution in [0.1, 0.15) is 36.2 Å². The highest BCUT2D eigenvalue weighted by molar-refractivity contribution is 7.09. The van der Waals surface area contributed by atoms with Crippen molar-refractivity contribution in [2.45, 2.75) is 26.3 Å². The van der Waals surface area contributed by atoms with Crippen LogP contribution in [0.2, 0.25) is 0 Å². The van der Waals surface area contributed by atoms with Crippen molar-refractivity contribution in [2.24, 2.45) is 0 Å². The molecule has 138 valence electrons. The fraction of sp³-hybridized carbons (Fsp3) is 0.400. The molecule has 1 aliphatic rings. The van der Waals surface area contributed by atoms with Gasteiger partial charge in [-0.3, -0.25) is 4.79 Å². The minimum absolute atomic E-state index is 0.0904. The Bertz CT molecular complexity index is 749. The molecule has 1 aromatic heterocycles. The Labute approximate surface area is 158 Å². The van der Waals surface area contributed by atoms with E-state index in [0.717, 1.165) is 49.0 Å². The molecule has 1 amide bonds. The van der Waals surface area contributed by atoms with Gasteiger partial charge in [0.05, 0.1) is 30.0 Å². The van der Waals surface area contributed by atoms with E-state index in [-0.39, 0.29) is 11.9 Å². The molecule has 6 heteroatoms. The van der Waals surface area contributed by atoms with E-state index in [4.69, 9.17) is 4.74 Å². The average molecular weight is 372 g/mol. The first-order valence-electron chi connectivity index (χ1n) is 9.01. The quantitative estimate of drug-likeness (QED) is 0.791. The molecule has 1 fully saturated rings. The lowest BCUT2D eigenvalue weighted by Gasteiger charge is -2.28. The van der Waals surface area contributed by atoms with Gasteiger partial charge in [0.2, 0.25) is 5.91 Å². The molecule has 1 atom stereocenters. The second-order valence-corrected chi connectivity index (χ2v) is 7.22. The van der Waals surface area contributed by atoms with Crippen LogP contribution in [0.25, 0.3) is 6.08 Å². The van der Waals surface area contributed by atoms with Crippen LogP contribution in [0.15, 0.2) is 35.7 Å². The minimum atomic E-state index is -0.110. The van der Waals surface area contributed by atoms with Crippen molar-refractivity contribution in [3.05, 3.63) is 52.0 Å². The zero-order valence-corrected chi connectivity index (χ0v) is 16.1. The van der Waals surface area contributed by atoms with Crippen LogP contribution < -0.4 is 10.2 Å². The van der Waals surface area contributed by atoms with E-state index < -0.39 is 0 Å². The van der Waals surface area contributed by atoms with E-state index in [1.165, 1.54) is 5.69 Å². The van der Waals surface area contributed by atoms with Gasteiger partial charge in [0.15, 0.2) is 0 Å². The van der Waals surface area contributed by atoms with Crippen molar-refractivity contribution in [1.29, 1.82) is 0 Å². The van der Waals surface area contributed by atoms with Gasteiger partial charge >= 0.3 is 0 Å². The molecule has 0 radical (unpaired) electrons. The van der Waals surface area contributed by atoms with Crippen molar-refractivity contribution in [2.75, 3.05) is 31.2 Å². The lowest BCUT2D eigenvalue weighted by Crippen LogP contribution is -2.36. The van der Waals surface area contributed by atoms with Gasteiger partial charge in [-0.15, -0.1) is 11.3 Å². The summed E-state index contributed by atoms with van der Waals surface area (Å²) in [6, 6.07) is 8.16. The summed E-state index contributed by atoms with van der Waals surface area (Å²) in [5, 5.41) is 6.07. The Morgan fingerprint density at radius 2 is 2.08 bits per heavy atom. The molecule has 0 spiro atoms. The molecule has 1 N–H and O–H groups in total. The third-order valence-corrected chi connectivity index (χ3v) is 5.38. The molecule has 0 saturated carbocycles. The molecule has 2 heterocycles. The number of amides is 1. The van der Waals surface area contributed by atoms with Crippen LogP contribution in [0.3, 0.4) is 0 Å².